The van der Waals surface area contributed by atoms with Crippen molar-refractivity contribution in [2.45, 2.75) is 87.6 Å². The number of rotatable bonds is 5. The highest BCUT2D eigenvalue weighted by Gasteiger charge is 2.82. The zero-order valence-electron chi connectivity index (χ0n) is 25.6. The van der Waals surface area contributed by atoms with Gasteiger partial charge in [0.25, 0.3) is 0 Å². The Hall–Kier alpha value is -2.98. The van der Waals surface area contributed by atoms with Crippen molar-refractivity contribution in [2.24, 2.45) is 41.4 Å². The summed E-state index contributed by atoms with van der Waals surface area (Å²) >= 11 is 0. The smallest absolute Gasteiger partial charge is 0.344 e. The maximum atomic E-state index is 14.3. The fourth-order valence-electron chi connectivity index (χ4n) is 8.24. The number of carbonyl (C=O) groups excluding carboxylic acids is 5. The molecule has 0 amide bonds. The third kappa shape index (κ3) is 5.45. The molecule has 0 radical (unpaired) electrons. The maximum absolute atomic E-state index is 14.3. The van der Waals surface area contributed by atoms with E-state index in [9.17, 15) is 52.5 Å². The number of halogens is 3. The van der Waals surface area contributed by atoms with Gasteiger partial charge in [-0.2, -0.15) is 0 Å². The normalized spacial score (nSPS) is 47.1. The van der Waals surface area contributed by atoms with Gasteiger partial charge in [-0.15, -0.1) is 0 Å². The molecule has 3 N–H and O–H groups in total. The van der Waals surface area contributed by atoms with Crippen LogP contribution in [-0.2, 0) is 47.7 Å². The van der Waals surface area contributed by atoms with E-state index in [1.54, 1.807) is 0 Å². The van der Waals surface area contributed by atoms with E-state index < -0.39 is 107 Å². The number of aliphatic hydroxyl groups excluding tert-OH is 3. The second-order valence-electron chi connectivity index (χ2n) is 12.6. The molecule has 13 nitrogen and oxygen atoms in total. The number of hydrogen-bond acceptors (Lipinski definition) is 13. The lowest BCUT2D eigenvalue weighted by Crippen LogP contribution is -2.34. The van der Waals surface area contributed by atoms with Crippen LogP contribution in [-0.4, -0.2) is 114 Å². The van der Waals surface area contributed by atoms with Crippen molar-refractivity contribution >= 4 is 29.8 Å². The number of ether oxygens (including phenoxy) is 5. The number of alkyl halides is 3. The predicted molar refractivity (Wildman–Crippen MR) is 141 cm³/mol. The third-order valence-corrected chi connectivity index (χ3v) is 10.1. The van der Waals surface area contributed by atoms with Crippen LogP contribution in [0.15, 0.2) is 0 Å². The van der Waals surface area contributed by atoms with Gasteiger partial charge in [-0.25, -0.2) is 27.6 Å². The highest BCUT2D eigenvalue weighted by Crippen LogP contribution is 2.67. The summed E-state index contributed by atoms with van der Waals surface area (Å²) in [6.07, 6.45) is -3.08. The monoisotopic (exact) mass is 652 g/mol. The zero-order valence-corrected chi connectivity index (χ0v) is 25.6. The fourth-order valence-corrected chi connectivity index (χ4v) is 8.24. The lowest BCUT2D eigenvalue weighted by Gasteiger charge is -2.19. The van der Waals surface area contributed by atoms with E-state index in [1.165, 1.54) is 21.0 Å². The molecule has 15 atom stereocenters. The zero-order chi connectivity index (χ0) is 34.0. The van der Waals surface area contributed by atoms with Gasteiger partial charge < -0.3 is 39.0 Å². The van der Waals surface area contributed by atoms with E-state index in [2.05, 4.69) is 14.2 Å². The minimum Gasteiger partial charge on any atom is -0.467 e. The van der Waals surface area contributed by atoms with E-state index >= 15 is 0 Å². The molecule has 0 aliphatic heterocycles. The van der Waals surface area contributed by atoms with E-state index in [0.29, 0.717) is 6.42 Å². The number of hydrogen-bond donors (Lipinski definition) is 3. The first-order chi connectivity index (χ1) is 20.9. The molecule has 0 saturated heterocycles. The minimum absolute atomic E-state index is 0.0402. The van der Waals surface area contributed by atoms with Gasteiger partial charge in [0.15, 0.2) is 0 Å². The number of fused-ring (bicyclic) bond motifs is 3. The van der Waals surface area contributed by atoms with Crippen molar-refractivity contribution in [3.63, 3.8) is 0 Å². The Morgan fingerprint density at radius 3 is 1.27 bits per heavy atom. The van der Waals surface area contributed by atoms with Crippen molar-refractivity contribution in [1.82, 2.24) is 0 Å². The number of aliphatic hydroxyl groups is 3. The Labute approximate surface area is 256 Å². The Kier molecular flexibility index (Phi) is 9.30. The average molecular weight is 653 g/mol. The van der Waals surface area contributed by atoms with Crippen LogP contribution in [0.3, 0.4) is 0 Å². The second kappa shape index (κ2) is 12.0. The molecule has 254 valence electrons. The molecule has 0 heterocycles. The van der Waals surface area contributed by atoms with Crippen molar-refractivity contribution in [3.8, 4) is 0 Å². The summed E-state index contributed by atoms with van der Waals surface area (Å²) in [6.45, 7) is 4.37. The van der Waals surface area contributed by atoms with E-state index in [4.69, 9.17) is 9.47 Å². The van der Waals surface area contributed by atoms with Gasteiger partial charge in [-0.3, -0.25) is 9.59 Å². The lowest BCUT2D eigenvalue weighted by atomic mass is 9.99. The van der Waals surface area contributed by atoms with Crippen molar-refractivity contribution in [3.05, 3.63) is 0 Å². The Balaban J connectivity index is 0.000000155. The number of methoxy groups -OCH3 is 3. The van der Waals surface area contributed by atoms with Crippen LogP contribution in [0.25, 0.3) is 0 Å². The molecule has 0 aromatic rings. The van der Waals surface area contributed by atoms with Crippen molar-refractivity contribution < 1.29 is 76.1 Å². The van der Waals surface area contributed by atoms with Gasteiger partial charge in [0, 0.05) is 56.3 Å². The van der Waals surface area contributed by atoms with E-state index in [0.717, 1.165) is 14.2 Å². The van der Waals surface area contributed by atoms with Gasteiger partial charge in [0.05, 0.1) is 45.6 Å². The predicted octanol–water partition coefficient (Wildman–Crippen LogP) is 0.134. The topological polar surface area (TPSA) is 192 Å². The molecule has 1 unspecified atom stereocenters. The molecule has 0 bridgehead atoms. The van der Waals surface area contributed by atoms with Crippen LogP contribution in [0.1, 0.15) is 40.0 Å². The molecule has 0 spiro atoms. The molecule has 6 saturated carbocycles. The van der Waals surface area contributed by atoms with Crippen LogP contribution >= 0.6 is 0 Å². The molecule has 16 heteroatoms. The molecule has 6 fully saturated rings. The van der Waals surface area contributed by atoms with E-state index in [-0.39, 0.29) is 24.7 Å². The van der Waals surface area contributed by atoms with Gasteiger partial charge >= 0.3 is 29.8 Å². The average Bonchev–Trinajstić information content (AvgIpc) is 3.81. The first-order valence-electron chi connectivity index (χ1n) is 14.6. The number of carbonyl (C=O) groups is 5. The summed E-state index contributed by atoms with van der Waals surface area (Å²) in [6, 6.07) is 0. The quantitative estimate of drug-likeness (QED) is 0.269. The summed E-state index contributed by atoms with van der Waals surface area (Å²) in [5.74, 6) is -7.74. The Morgan fingerprint density at radius 2 is 0.867 bits per heavy atom. The van der Waals surface area contributed by atoms with Crippen LogP contribution in [0.5, 0.6) is 0 Å². The maximum Gasteiger partial charge on any atom is 0.344 e. The van der Waals surface area contributed by atoms with Crippen molar-refractivity contribution in [1.29, 1.82) is 0 Å². The fraction of sp³-hybridized carbons (Fsp3) is 0.828. The molecule has 0 aromatic carbocycles. The molecule has 45 heavy (non-hydrogen) atoms. The van der Waals surface area contributed by atoms with Gasteiger partial charge in [-0.05, 0) is 12.3 Å². The van der Waals surface area contributed by atoms with Crippen LogP contribution < -0.4 is 0 Å². The second-order valence-corrected chi connectivity index (χ2v) is 12.6. The summed E-state index contributed by atoms with van der Waals surface area (Å²) in [5.41, 5.74) is -6.27. The summed E-state index contributed by atoms with van der Waals surface area (Å²) in [5, 5.41) is 28.1. The summed E-state index contributed by atoms with van der Waals surface area (Å²) in [7, 11) is 3.35. The Morgan fingerprint density at radius 1 is 0.556 bits per heavy atom. The SMILES string of the molecule is COC(=O)C1(F)[C@@H]2[C@H]1[C@@H](O)C[C@H]2O.COC(=O)[C@]1(F)[C@@H]2[C@H]1[C@@H](C)C[C@H]2OC(C)=O.COC(=O)[C@]1(F)[C@@H]2[C@H]1[C@@H](O)C[C@H]2OC(C)=O. The first-order valence-corrected chi connectivity index (χ1v) is 14.6. The molecule has 6 aliphatic rings. The summed E-state index contributed by atoms with van der Waals surface area (Å²) in [4.78, 5) is 55.2. The standard InChI is InChI=1S/C11H15FO4.C10H13FO5.C8H11FO4/c1-5-4-7(16-6(2)13)9-8(5)11(9,12)10(14)15-3;1-4(12)16-6-3-5(13)7-8(6)10(7,11)9(14)15-2;1-13-7(12)8(9)5-3(10)2-4(11)6(5)8/h5,7-9H,4H2,1-3H3;5-8,13H,3H2,1-2H3;3-6,10-11H,2H2,1H3/t5-,7+,8+,9-,11+;5-,6+,7+,8-,10+;3-,4+,5+,6-,8?/m00./s1. The minimum atomic E-state index is -2.19. The lowest BCUT2D eigenvalue weighted by molar-refractivity contribution is -0.157. The summed E-state index contributed by atoms with van der Waals surface area (Å²) < 4.78 is 65.1. The van der Waals surface area contributed by atoms with Crippen LogP contribution in [0.2, 0.25) is 0 Å². The third-order valence-electron chi connectivity index (χ3n) is 10.1. The molecule has 6 rings (SSSR count). The first kappa shape index (κ1) is 34.9. The van der Waals surface area contributed by atoms with Crippen molar-refractivity contribution in [2.75, 3.05) is 21.3 Å². The molecule has 6 aliphatic carbocycles. The molecular formula is C29H39F3O13. The van der Waals surface area contributed by atoms with E-state index in [1.807, 2.05) is 6.92 Å². The number of esters is 5. The molecular weight excluding hydrogens is 613 g/mol. The molecule has 0 aromatic heterocycles. The highest BCUT2D eigenvalue weighted by atomic mass is 19.2. The van der Waals surface area contributed by atoms with Gasteiger partial charge in [0.2, 0.25) is 17.0 Å². The van der Waals surface area contributed by atoms with Crippen LogP contribution in [0, 0.1) is 41.4 Å². The van der Waals surface area contributed by atoms with Gasteiger partial charge in [0.1, 0.15) is 12.2 Å². The van der Waals surface area contributed by atoms with Gasteiger partial charge in [-0.1, -0.05) is 6.92 Å². The largest absolute Gasteiger partial charge is 0.467 e. The Bertz CT molecular complexity index is 1150. The van der Waals surface area contributed by atoms with Crippen LogP contribution in [0.4, 0.5) is 13.2 Å². The highest BCUT2D eigenvalue weighted by molar-refractivity contribution is 5.86.